The summed E-state index contributed by atoms with van der Waals surface area (Å²) in [4.78, 5) is 11.1. The first-order valence-electron chi connectivity index (χ1n) is 4.15. The molecule has 0 aromatic heterocycles. The molecule has 0 rings (SSSR count). The van der Waals surface area contributed by atoms with Crippen LogP contribution < -0.4 is 0 Å². The number of hydrogen-bond donors (Lipinski definition) is 3. The normalized spacial score (nSPS) is 24.1. The van der Waals surface area contributed by atoms with E-state index in [2.05, 4.69) is 12.9 Å². The molecule has 7 nitrogen and oxygen atoms in total. The van der Waals surface area contributed by atoms with Crippen molar-refractivity contribution in [1.29, 1.82) is 0 Å². The highest BCUT2D eigenvalue weighted by molar-refractivity contribution is 6.47. The van der Waals surface area contributed by atoms with Crippen LogP contribution in [0.1, 0.15) is 0 Å². The van der Waals surface area contributed by atoms with E-state index < -0.39 is 32.8 Å². The fourth-order valence-electron chi connectivity index (χ4n) is 0.983. The van der Waals surface area contributed by atoms with Crippen LogP contribution >= 0.6 is 82.0 Å². The van der Waals surface area contributed by atoms with Crippen molar-refractivity contribution in [2.45, 2.75) is 20.2 Å². The maximum absolute atomic E-state index is 11.1. The third-order valence-electron chi connectivity index (χ3n) is 2.12. The molecule has 0 aliphatic carbocycles. The topological polar surface area (TPSA) is 105 Å². The van der Waals surface area contributed by atoms with Crippen molar-refractivity contribution in [3.8, 4) is 0 Å². The summed E-state index contributed by atoms with van der Waals surface area (Å²) in [6.45, 7) is -1.34. The van der Waals surface area contributed by atoms with Crippen LogP contribution in [-0.2, 0) is 17.7 Å². The molecule has 20 heavy (non-hydrogen) atoms. The van der Waals surface area contributed by atoms with Gasteiger partial charge in [0.15, 0.2) is 0 Å². The third-order valence-corrected chi connectivity index (χ3v) is 5.50. The predicted molar refractivity (Wildman–Crippen MR) is 72.1 cm³/mol. The number of aliphatic hydroxyl groups is 2. The lowest BCUT2D eigenvalue weighted by molar-refractivity contribution is -0.181. The molecule has 14 heteroatoms. The summed E-state index contributed by atoms with van der Waals surface area (Å²) in [7, 11) is 0. The van der Waals surface area contributed by atoms with Gasteiger partial charge in [-0.1, -0.05) is 46.4 Å². The lowest BCUT2D eigenvalue weighted by atomic mass is 10.0. The zero-order valence-corrected chi connectivity index (χ0v) is 14.1. The molecule has 0 radical (unpaired) electrons. The molecule has 0 amide bonds. The maximum atomic E-state index is 11.1. The molecule has 0 aliphatic rings. The standard InChI is InChI=1S/C6H5Cl7O7/c7-3(17,1-14)5(9,19-12)6(10,20-13)4(8,18-11)2(15)16/h14,17H,1H2,(H,15,16)/t3-,4+,5-,6-/m1/s1. The van der Waals surface area contributed by atoms with Gasteiger partial charge in [-0.15, -0.1) is 0 Å². The largest absolute Gasteiger partial charge is 0.478 e. The number of aliphatic carboxylic acids is 1. The highest BCUT2D eigenvalue weighted by Gasteiger charge is 2.77. The smallest absolute Gasteiger partial charge is 0.358 e. The molecule has 0 fully saturated rings. The Hall–Kier alpha value is 1.30. The second kappa shape index (κ2) is 7.25. The van der Waals surface area contributed by atoms with Crippen LogP contribution in [0.5, 0.6) is 0 Å². The zero-order chi connectivity index (χ0) is 16.4. The molecule has 0 unspecified atom stereocenters. The molecular formula is C6H5Cl7O7. The first-order chi connectivity index (χ1) is 8.94. The molecule has 0 aromatic carbocycles. The van der Waals surface area contributed by atoms with Gasteiger partial charge >= 0.3 is 11.0 Å². The summed E-state index contributed by atoms with van der Waals surface area (Å²) < 4.78 is 12.2. The number of halogens is 7. The lowest BCUT2D eigenvalue weighted by Crippen LogP contribution is -2.71. The molecule has 3 N–H and O–H groups in total. The molecule has 4 atom stereocenters. The van der Waals surface area contributed by atoms with Crippen LogP contribution in [0.15, 0.2) is 0 Å². The van der Waals surface area contributed by atoms with Gasteiger partial charge in [-0.3, -0.25) is 0 Å². The van der Waals surface area contributed by atoms with Crippen LogP contribution in [0.4, 0.5) is 0 Å². The highest BCUT2D eigenvalue weighted by atomic mass is 35.5. The Labute approximate surface area is 147 Å². The summed E-state index contributed by atoms with van der Waals surface area (Å²) in [5.74, 6) is -2.06. The van der Waals surface area contributed by atoms with Gasteiger partial charge < -0.3 is 15.3 Å². The van der Waals surface area contributed by atoms with E-state index in [9.17, 15) is 9.90 Å². The van der Waals surface area contributed by atoms with Crippen molar-refractivity contribution in [2.24, 2.45) is 0 Å². The molecule has 0 spiro atoms. The van der Waals surface area contributed by atoms with Gasteiger partial charge in [-0.25, -0.2) is 17.7 Å². The molecule has 0 saturated carbocycles. The van der Waals surface area contributed by atoms with E-state index in [4.69, 9.17) is 92.2 Å². The fourth-order valence-corrected chi connectivity index (χ4v) is 2.79. The summed E-state index contributed by atoms with van der Waals surface area (Å²) in [5, 5.41) is 15.1. The van der Waals surface area contributed by atoms with Crippen LogP contribution in [0.25, 0.3) is 0 Å². The minimum atomic E-state index is -3.24. The molecule has 0 saturated heterocycles. The quantitative estimate of drug-likeness (QED) is 0.501. The van der Waals surface area contributed by atoms with E-state index in [1.165, 1.54) is 0 Å². The van der Waals surface area contributed by atoms with Crippen molar-refractivity contribution >= 4 is 88.0 Å². The number of aliphatic hydroxyl groups excluding tert-OH is 1. The van der Waals surface area contributed by atoms with E-state index >= 15 is 0 Å². The van der Waals surface area contributed by atoms with E-state index in [1.54, 1.807) is 0 Å². The molecule has 0 heterocycles. The van der Waals surface area contributed by atoms with Crippen molar-refractivity contribution in [1.82, 2.24) is 0 Å². The van der Waals surface area contributed by atoms with Gasteiger partial charge in [-0.2, -0.15) is 0 Å². The molecule has 120 valence electrons. The SMILES string of the molecule is O=C(O)[C@](Cl)(OCl)[C@@](Cl)(OCl)[C@](Cl)(OCl)[C@@](O)(Cl)CO. The van der Waals surface area contributed by atoms with E-state index in [0.29, 0.717) is 0 Å². The monoisotopic (exact) mass is 434 g/mol. The highest BCUT2D eigenvalue weighted by Crippen LogP contribution is 2.56. The summed E-state index contributed by atoms with van der Waals surface area (Å²) in [6, 6.07) is 0. The number of carbonyl (C=O) groups is 1. The number of rotatable bonds is 8. The second-order valence-electron chi connectivity index (χ2n) is 3.24. The zero-order valence-electron chi connectivity index (χ0n) is 8.83. The summed E-state index contributed by atoms with van der Waals surface area (Å²) in [6.07, 6.45) is 0. The molecule has 0 aromatic rings. The maximum Gasteiger partial charge on any atom is 0.358 e. The first kappa shape index (κ1) is 21.3. The average Bonchev–Trinajstić information content (AvgIpc) is 2.43. The number of hydrogen-bond acceptors (Lipinski definition) is 6. The molecular weight excluding hydrogens is 432 g/mol. The van der Waals surface area contributed by atoms with Gasteiger partial charge in [0.25, 0.3) is 10.1 Å². The van der Waals surface area contributed by atoms with E-state index in [0.717, 1.165) is 0 Å². The summed E-state index contributed by atoms with van der Waals surface area (Å²) in [5.41, 5.74) is 0. The van der Waals surface area contributed by atoms with Gasteiger partial charge in [0.05, 0.1) is 42.2 Å². The lowest BCUT2D eigenvalue weighted by Gasteiger charge is -2.46. The van der Waals surface area contributed by atoms with Crippen molar-refractivity contribution < 1.29 is 33.0 Å². The first-order valence-corrected chi connectivity index (χ1v) is 6.59. The Morgan fingerprint density at radius 1 is 0.950 bits per heavy atom. The Morgan fingerprint density at radius 3 is 1.55 bits per heavy atom. The molecule has 0 aliphatic heterocycles. The van der Waals surface area contributed by atoms with Gasteiger partial charge in [0.2, 0.25) is 5.06 Å². The predicted octanol–water partition coefficient (Wildman–Crippen LogP) is 2.31. The van der Waals surface area contributed by atoms with Crippen molar-refractivity contribution in [3.63, 3.8) is 0 Å². The van der Waals surface area contributed by atoms with Crippen LogP contribution in [0, 0.1) is 0 Å². The van der Waals surface area contributed by atoms with Crippen LogP contribution in [-0.4, -0.2) is 48.1 Å². The number of carboxylic acids is 1. The minimum Gasteiger partial charge on any atom is -0.478 e. The summed E-state index contributed by atoms with van der Waals surface area (Å²) >= 11 is 37.4. The third kappa shape index (κ3) is 3.02. The van der Waals surface area contributed by atoms with Crippen LogP contribution in [0.3, 0.4) is 0 Å². The number of carboxylic acid groups (broad SMARTS) is 1. The van der Waals surface area contributed by atoms with Gasteiger partial charge in [0.1, 0.15) is 0 Å². The number of alkyl halides is 4. The average molecular weight is 437 g/mol. The van der Waals surface area contributed by atoms with Crippen molar-refractivity contribution in [3.05, 3.63) is 0 Å². The minimum absolute atomic E-state index is 1.34. The second-order valence-corrected chi connectivity index (χ2v) is 5.92. The molecule has 0 bridgehead atoms. The Morgan fingerprint density at radius 2 is 1.35 bits per heavy atom. The Balaban J connectivity index is 6.27. The van der Waals surface area contributed by atoms with E-state index in [-0.39, 0.29) is 0 Å². The Bertz CT molecular complexity index is 370. The van der Waals surface area contributed by atoms with Gasteiger partial charge in [-0.05, 0) is 0 Å². The Kier molecular flexibility index (Phi) is 7.72. The van der Waals surface area contributed by atoms with Crippen molar-refractivity contribution in [2.75, 3.05) is 6.61 Å². The van der Waals surface area contributed by atoms with Crippen LogP contribution in [0.2, 0.25) is 0 Å². The van der Waals surface area contributed by atoms with E-state index in [1.807, 2.05) is 0 Å². The fraction of sp³-hybridized carbons (Fsp3) is 0.833. The van der Waals surface area contributed by atoms with Gasteiger partial charge in [0, 0.05) is 0 Å².